The van der Waals surface area contributed by atoms with Crippen LogP contribution in [0.4, 0.5) is 4.39 Å². The summed E-state index contributed by atoms with van der Waals surface area (Å²) in [5.74, 6) is -1.52. The highest BCUT2D eigenvalue weighted by atomic mass is 35.5. The van der Waals surface area contributed by atoms with Crippen LogP contribution in [0.1, 0.15) is 89.5 Å². The maximum Gasteiger partial charge on any atom is 0.306 e. The van der Waals surface area contributed by atoms with Crippen molar-refractivity contribution in [1.29, 1.82) is 0 Å². The first-order valence-corrected chi connectivity index (χ1v) is 11.2. The number of halogens is 2. The molecule has 0 N–H and O–H groups in total. The van der Waals surface area contributed by atoms with Crippen molar-refractivity contribution in [1.82, 2.24) is 0 Å². The van der Waals surface area contributed by atoms with Gasteiger partial charge in [-0.15, -0.1) is 0 Å². The van der Waals surface area contributed by atoms with Crippen molar-refractivity contribution in [3.8, 4) is 0 Å². The predicted octanol–water partition coefficient (Wildman–Crippen LogP) is 6.77. The summed E-state index contributed by atoms with van der Waals surface area (Å²) in [6.45, 7) is 2.36. The second kappa shape index (κ2) is 16.2. The van der Waals surface area contributed by atoms with Gasteiger partial charge in [-0.1, -0.05) is 82.4 Å². The van der Waals surface area contributed by atoms with E-state index < -0.39 is 17.8 Å². The number of rotatable bonds is 16. The Balaban J connectivity index is 1.99. The molecule has 0 unspecified atom stereocenters. The number of hydrogen-bond donors (Lipinski definition) is 0. The first kappa shape index (κ1) is 25.4. The summed E-state index contributed by atoms with van der Waals surface area (Å²) in [7, 11) is 0. The zero-order chi connectivity index (χ0) is 21.3. The summed E-state index contributed by atoms with van der Waals surface area (Å²) >= 11 is 5.87. The second-order valence-corrected chi connectivity index (χ2v) is 7.67. The van der Waals surface area contributed by atoms with Crippen LogP contribution in [0.25, 0.3) is 0 Å². The first-order chi connectivity index (χ1) is 14.0. The van der Waals surface area contributed by atoms with Crippen LogP contribution in [0.15, 0.2) is 18.2 Å². The predicted molar refractivity (Wildman–Crippen MR) is 113 cm³/mol. The molecule has 0 radical (unpaired) electrons. The Labute approximate surface area is 179 Å². The molecule has 0 aliphatic carbocycles. The number of hydrogen-bond acceptors (Lipinski definition) is 4. The van der Waals surface area contributed by atoms with Gasteiger partial charge in [0.15, 0.2) is 0 Å². The van der Waals surface area contributed by atoms with E-state index in [4.69, 9.17) is 21.1 Å². The fourth-order valence-corrected chi connectivity index (χ4v) is 3.16. The average molecular weight is 429 g/mol. The normalized spacial score (nSPS) is 10.7. The van der Waals surface area contributed by atoms with Crippen molar-refractivity contribution in [3.63, 3.8) is 0 Å². The van der Waals surface area contributed by atoms with Gasteiger partial charge in [0.1, 0.15) is 12.4 Å². The monoisotopic (exact) mass is 428 g/mol. The van der Waals surface area contributed by atoms with Crippen LogP contribution in [-0.2, 0) is 25.7 Å². The van der Waals surface area contributed by atoms with E-state index in [2.05, 4.69) is 6.92 Å². The summed E-state index contributed by atoms with van der Waals surface area (Å²) in [5.41, 5.74) is 0.131. The van der Waals surface area contributed by atoms with E-state index in [-0.39, 0.29) is 30.0 Å². The van der Waals surface area contributed by atoms with Gasteiger partial charge in [0.25, 0.3) is 0 Å². The number of benzene rings is 1. The quantitative estimate of drug-likeness (QED) is 0.215. The van der Waals surface area contributed by atoms with E-state index in [9.17, 15) is 14.0 Å². The lowest BCUT2D eigenvalue weighted by Gasteiger charge is -2.08. The van der Waals surface area contributed by atoms with Crippen LogP contribution in [0, 0.1) is 5.82 Å². The molecule has 0 aliphatic rings. The van der Waals surface area contributed by atoms with E-state index in [0.717, 1.165) is 19.3 Å². The molecule has 0 fully saturated rings. The Kier molecular flexibility index (Phi) is 14.2. The highest BCUT2D eigenvalue weighted by Gasteiger charge is 2.12. The fraction of sp³-hybridized carbons (Fsp3) is 0.652. The third-order valence-electron chi connectivity index (χ3n) is 4.73. The Morgan fingerprint density at radius 1 is 0.862 bits per heavy atom. The molecule has 0 aromatic heterocycles. The molecular weight excluding hydrogens is 395 g/mol. The van der Waals surface area contributed by atoms with Crippen LogP contribution in [0.3, 0.4) is 0 Å². The van der Waals surface area contributed by atoms with E-state index in [1.54, 1.807) is 0 Å². The van der Waals surface area contributed by atoms with Crippen LogP contribution in [0.2, 0.25) is 5.02 Å². The van der Waals surface area contributed by atoms with Crippen LogP contribution < -0.4 is 0 Å². The molecule has 6 heteroatoms. The SMILES string of the molecule is CCCCCCCCCCCCOC(=O)CCC(=O)OCc1c(F)cccc1Cl. The molecule has 1 aromatic rings. The van der Waals surface area contributed by atoms with Gasteiger partial charge in [-0.25, -0.2) is 4.39 Å². The third-order valence-corrected chi connectivity index (χ3v) is 5.09. The number of esters is 2. The summed E-state index contributed by atoms with van der Waals surface area (Å²) < 4.78 is 23.7. The maximum absolute atomic E-state index is 13.6. The molecule has 0 bridgehead atoms. The minimum Gasteiger partial charge on any atom is -0.466 e. The van der Waals surface area contributed by atoms with Crippen molar-refractivity contribution >= 4 is 23.5 Å². The van der Waals surface area contributed by atoms with Gasteiger partial charge in [0.05, 0.1) is 24.5 Å². The minimum absolute atomic E-state index is 0.0401. The Morgan fingerprint density at radius 3 is 2.00 bits per heavy atom. The zero-order valence-electron chi connectivity index (χ0n) is 17.5. The van der Waals surface area contributed by atoms with Gasteiger partial charge in [-0.05, 0) is 18.6 Å². The molecule has 164 valence electrons. The lowest BCUT2D eigenvalue weighted by atomic mass is 10.1. The molecule has 0 saturated heterocycles. The van der Waals surface area contributed by atoms with Crippen LogP contribution in [-0.4, -0.2) is 18.5 Å². The Morgan fingerprint density at radius 2 is 1.41 bits per heavy atom. The van der Waals surface area contributed by atoms with Crippen molar-refractivity contribution in [3.05, 3.63) is 34.6 Å². The lowest BCUT2D eigenvalue weighted by molar-refractivity contribution is -0.151. The Bertz CT molecular complexity index is 586. The molecule has 0 aliphatic heterocycles. The van der Waals surface area contributed by atoms with Crippen LogP contribution in [0.5, 0.6) is 0 Å². The van der Waals surface area contributed by atoms with Crippen molar-refractivity contribution in [2.45, 2.75) is 90.6 Å². The summed E-state index contributed by atoms with van der Waals surface area (Å²) in [6.07, 6.45) is 12.0. The standard InChI is InChI=1S/C23H34ClFO4/c1-2-3-4-5-6-7-8-9-10-11-17-28-22(26)15-16-23(27)29-18-19-20(24)13-12-14-21(19)25/h12-14H,2-11,15-18H2,1H3. The molecule has 0 amide bonds. The van der Waals surface area contributed by atoms with E-state index in [1.165, 1.54) is 63.1 Å². The average Bonchev–Trinajstić information content (AvgIpc) is 2.70. The third kappa shape index (κ3) is 12.5. The molecule has 4 nitrogen and oxygen atoms in total. The van der Waals surface area contributed by atoms with Crippen molar-refractivity contribution in [2.75, 3.05) is 6.61 Å². The van der Waals surface area contributed by atoms with Gasteiger partial charge >= 0.3 is 11.9 Å². The van der Waals surface area contributed by atoms with E-state index in [1.807, 2.05) is 0 Å². The largest absolute Gasteiger partial charge is 0.466 e. The zero-order valence-corrected chi connectivity index (χ0v) is 18.3. The summed E-state index contributed by atoms with van der Waals surface area (Å²) in [5, 5.41) is 0.203. The van der Waals surface area contributed by atoms with Gasteiger partial charge in [0, 0.05) is 5.56 Å². The van der Waals surface area contributed by atoms with Gasteiger partial charge in [-0.3, -0.25) is 9.59 Å². The molecule has 0 saturated carbocycles. The molecule has 0 atom stereocenters. The van der Waals surface area contributed by atoms with E-state index in [0.29, 0.717) is 6.61 Å². The van der Waals surface area contributed by atoms with Crippen molar-refractivity contribution < 1.29 is 23.5 Å². The fourth-order valence-electron chi connectivity index (χ4n) is 2.95. The molecule has 0 spiro atoms. The van der Waals surface area contributed by atoms with Crippen LogP contribution >= 0.6 is 11.6 Å². The maximum atomic E-state index is 13.6. The molecule has 0 heterocycles. The summed E-state index contributed by atoms with van der Waals surface area (Å²) in [6, 6.07) is 4.26. The number of unbranched alkanes of at least 4 members (excludes halogenated alkanes) is 9. The topological polar surface area (TPSA) is 52.6 Å². The van der Waals surface area contributed by atoms with Crippen molar-refractivity contribution in [2.24, 2.45) is 0 Å². The Hall–Kier alpha value is -1.62. The number of carbonyl (C=O) groups excluding carboxylic acids is 2. The van der Waals surface area contributed by atoms with Gasteiger partial charge < -0.3 is 9.47 Å². The molecular formula is C23H34ClFO4. The lowest BCUT2D eigenvalue weighted by Crippen LogP contribution is -2.11. The number of ether oxygens (including phenoxy) is 2. The molecule has 29 heavy (non-hydrogen) atoms. The molecule has 1 aromatic carbocycles. The molecule has 1 rings (SSSR count). The van der Waals surface area contributed by atoms with E-state index >= 15 is 0 Å². The highest BCUT2D eigenvalue weighted by Crippen LogP contribution is 2.20. The number of carbonyl (C=O) groups is 2. The second-order valence-electron chi connectivity index (χ2n) is 7.26. The smallest absolute Gasteiger partial charge is 0.306 e. The highest BCUT2D eigenvalue weighted by molar-refractivity contribution is 6.31. The van der Waals surface area contributed by atoms with Gasteiger partial charge in [0.2, 0.25) is 0 Å². The minimum atomic E-state index is -0.583. The van der Waals surface area contributed by atoms with Gasteiger partial charge in [-0.2, -0.15) is 0 Å². The first-order valence-electron chi connectivity index (χ1n) is 10.8. The summed E-state index contributed by atoms with van der Waals surface area (Å²) in [4.78, 5) is 23.4.